The zero-order chi connectivity index (χ0) is 13.2. The first kappa shape index (κ1) is 12.9. The van der Waals surface area contributed by atoms with Gasteiger partial charge in [-0.15, -0.1) is 0 Å². The summed E-state index contributed by atoms with van der Waals surface area (Å²) in [5.74, 6) is 0.916. The minimum atomic E-state index is 0.485. The molecule has 1 aromatic heterocycles. The van der Waals surface area contributed by atoms with Crippen LogP contribution in [0.2, 0.25) is 0 Å². The number of aromatic nitrogens is 1. The average molecular weight is 243 g/mol. The predicted molar refractivity (Wildman–Crippen MR) is 73.4 cm³/mol. The number of nitrogens with zero attached hydrogens (tertiary/aromatic N) is 3. The molecule has 3 heteroatoms. The third-order valence-corrected chi connectivity index (χ3v) is 4.09. The molecule has 0 unspecified atom stereocenters. The summed E-state index contributed by atoms with van der Waals surface area (Å²) in [5, 5.41) is 8.93. The summed E-state index contributed by atoms with van der Waals surface area (Å²) < 4.78 is 0. The van der Waals surface area contributed by atoms with Crippen LogP contribution in [0.25, 0.3) is 0 Å². The monoisotopic (exact) mass is 243 g/mol. The number of hydrogen-bond acceptors (Lipinski definition) is 3. The van der Waals surface area contributed by atoms with Gasteiger partial charge in [0, 0.05) is 19.3 Å². The molecule has 1 aliphatic rings. The molecule has 18 heavy (non-hydrogen) atoms. The van der Waals surface area contributed by atoms with Crippen molar-refractivity contribution < 1.29 is 0 Å². The van der Waals surface area contributed by atoms with Crippen LogP contribution < -0.4 is 4.90 Å². The second-order valence-corrected chi connectivity index (χ2v) is 6.02. The van der Waals surface area contributed by atoms with E-state index in [1.807, 2.05) is 6.07 Å². The van der Waals surface area contributed by atoms with E-state index in [9.17, 15) is 0 Å². The highest BCUT2D eigenvalue weighted by Crippen LogP contribution is 2.37. The summed E-state index contributed by atoms with van der Waals surface area (Å²) in [7, 11) is 2.09. The third kappa shape index (κ3) is 2.81. The van der Waals surface area contributed by atoms with E-state index in [0.717, 1.165) is 5.82 Å². The number of anilines is 1. The third-order valence-electron chi connectivity index (χ3n) is 4.09. The van der Waals surface area contributed by atoms with Crippen molar-refractivity contribution in [3.8, 4) is 6.07 Å². The zero-order valence-electron chi connectivity index (χ0n) is 11.5. The van der Waals surface area contributed by atoms with E-state index in [-0.39, 0.29) is 0 Å². The van der Waals surface area contributed by atoms with Gasteiger partial charge in [0.25, 0.3) is 0 Å². The van der Waals surface area contributed by atoms with Crippen molar-refractivity contribution >= 4 is 5.82 Å². The van der Waals surface area contributed by atoms with Gasteiger partial charge in [-0.05, 0) is 43.2 Å². The van der Waals surface area contributed by atoms with Crippen LogP contribution in [0.3, 0.4) is 0 Å². The second kappa shape index (κ2) is 4.97. The highest BCUT2D eigenvalue weighted by Gasteiger charge is 2.29. The maximum absolute atomic E-state index is 8.93. The average Bonchev–Trinajstić information content (AvgIpc) is 2.38. The molecular weight excluding hydrogens is 222 g/mol. The lowest BCUT2D eigenvalue weighted by atomic mass is 9.75. The van der Waals surface area contributed by atoms with Crippen molar-refractivity contribution in [2.24, 2.45) is 5.41 Å². The van der Waals surface area contributed by atoms with E-state index in [4.69, 9.17) is 5.26 Å². The van der Waals surface area contributed by atoms with Gasteiger partial charge in [0.15, 0.2) is 0 Å². The molecule has 0 N–H and O–H groups in total. The lowest BCUT2D eigenvalue weighted by Crippen LogP contribution is -2.37. The van der Waals surface area contributed by atoms with Crippen LogP contribution >= 0.6 is 0 Å². The van der Waals surface area contributed by atoms with Crippen LogP contribution in [0.4, 0.5) is 5.82 Å². The van der Waals surface area contributed by atoms with Gasteiger partial charge in [0.1, 0.15) is 5.82 Å². The van der Waals surface area contributed by atoms with Gasteiger partial charge < -0.3 is 4.90 Å². The van der Waals surface area contributed by atoms with Crippen molar-refractivity contribution in [2.45, 2.75) is 45.6 Å². The van der Waals surface area contributed by atoms with Crippen LogP contribution in [0.5, 0.6) is 0 Å². The van der Waals surface area contributed by atoms with Crippen LogP contribution in [0.15, 0.2) is 18.3 Å². The van der Waals surface area contributed by atoms with E-state index in [1.54, 1.807) is 12.3 Å². The Morgan fingerprint density at radius 3 is 2.67 bits per heavy atom. The largest absolute Gasteiger partial charge is 0.357 e. The first-order chi connectivity index (χ1) is 8.52. The van der Waals surface area contributed by atoms with E-state index >= 15 is 0 Å². The minimum absolute atomic E-state index is 0.485. The van der Waals surface area contributed by atoms with Crippen molar-refractivity contribution in [1.29, 1.82) is 5.26 Å². The smallest absolute Gasteiger partial charge is 0.129 e. The quantitative estimate of drug-likeness (QED) is 0.799. The van der Waals surface area contributed by atoms with Crippen molar-refractivity contribution in [3.63, 3.8) is 0 Å². The van der Waals surface area contributed by atoms with Crippen LogP contribution in [0, 0.1) is 16.7 Å². The molecule has 1 saturated carbocycles. The normalized spacial score (nSPS) is 19.2. The zero-order valence-corrected chi connectivity index (χ0v) is 11.5. The van der Waals surface area contributed by atoms with Gasteiger partial charge in [0.2, 0.25) is 0 Å². The highest BCUT2D eigenvalue weighted by molar-refractivity contribution is 5.45. The van der Waals surface area contributed by atoms with Crippen LogP contribution in [0.1, 0.15) is 45.1 Å². The lowest BCUT2D eigenvalue weighted by molar-refractivity contribution is 0.222. The van der Waals surface area contributed by atoms with Crippen LogP contribution in [-0.2, 0) is 0 Å². The summed E-state index contributed by atoms with van der Waals surface area (Å²) in [4.78, 5) is 6.61. The molecule has 1 fully saturated rings. The molecule has 0 atom stereocenters. The molecule has 1 aliphatic carbocycles. The van der Waals surface area contributed by atoms with Crippen molar-refractivity contribution in [2.75, 3.05) is 11.9 Å². The Morgan fingerprint density at radius 2 is 2.06 bits per heavy atom. The predicted octanol–water partition coefficient (Wildman–Crippen LogP) is 3.36. The van der Waals surface area contributed by atoms with Crippen molar-refractivity contribution in [3.05, 3.63) is 23.9 Å². The molecule has 0 saturated heterocycles. The standard InChI is InChI=1S/C15H21N3/c1-15(2)7-4-13(5-8-15)18(3)14-10-12(11-16)6-9-17-14/h6,9-10,13H,4-5,7-8H2,1-3H3. The Balaban J connectivity index is 2.08. The van der Waals surface area contributed by atoms with Gasteiger partial charge in [-0.3, -0.25) is 0 Å². The number of rotatable bonds is 2. The Bertz CT molecular complexity index is 449. The number of hydrogen-bond donors (Lipinski definition) is 0. The molecule has 3 nitrogen and oxygen atoms in total. The van der Waals surface area contributed by atoms with Gasteiger partial charge in [-0.2, -0.15) is 5.26 Å². The maximum Gasteiger partial charge on any atom is 0.129 e. The molecule has 0 aromatic carbocycles. The molecule has 0 bridgehead atoms. The Hall–Kier alpha value is -1.56. The SMILES string of the molecule is CN(c1cc(C#N)ccn1)C1CCC(C)(C)CC1. The Labute approximate surface area is 109 Å². The maximum atomic E-state index is 8.93. The topological polar surface area (TPSA) is 39.9 Å². The first-order valence-corrected chi connectivity index (χ1v) is 6.61. The molecule has 0 spiro atoms. The van der Waals surface area contributed by atoms with Gasteiger partial charge >= 0.3 is 0 Å². The van der Waals surface area contributed by atoms with Gasteiger partial charge in [-0.1, -0.05) is 13.8 Å². The minimum Gasteiger partial charge on any atom is -0.357 e. The molecule has 1 heterocycles. The summed E-state index contributed by atoms with van der Waals surface area (Å²) in [6, 6.07) is 6.35. The fourth-order valence-corrected chi connectivity index (χ4v) is 2.64. The molecule has 96 valence electrons. The van der Waals surface area contributed by atoms with Crippen molar-refractivity contribution in [1.82, 2.24) is 4.98 Å². The molecular formula is C15H21N3. The Morgan fingerprint density at radius 1 is 1.39 bits per heavy atom. The summed E-state index contributed by atoms with van der Waals surface area (Å²) >= 11 is 0. The molecule has 1 aromatic rings. The van der Waals surface area contributed by atoms with Crippen LogP contribution in [-0.4, -0.2) is 18.1 Å². The summed E-state index contributed by atoms with van der Waals surface area (Å²) in [6.07, 6.45) is 6.67. The molecule has 2 rings (SSSR count). The second-order valence-electron chi connectivity index (χ2n) is 6.02. The number of pyridine rings is 1. The molecule has 0 amide bonds. The van der Waals surface area contributed by atoms with E-state index in [1.165, 1.54) is 25.7 Å². The van der Waals surface area contributed by atoms with E-state index < -0.39 is 0 Å². The van der Waals surface area contributed by atoms with Gasteiger partial charge in [0.05, 0.1) is 11.6 Å². The number of nitriles is 1. The fraction of sp³-hybridized carbons (Fsp3) is 0.600. The Kier molecular flexibility index (Phi) is 3.56. The van der Waals surface area contributed by atoms with E-state index in [2.05, 4.69) is 36.8 Å². The highest BCUT2D eigenvalue weighted by atomic mass is 15.2. The first-order valence-electron chi connectivity index (χ1n) is 6.61. The summed E-state index contributed by atoms with van der Waals surface area (Å²) in [5.41, 5.74) is 1.17. The lowest BCUT2D eigenvalue weighted by Gasteiger charge is -2.39. The molecule has 0 aliphatic heterocycles. The van der Waals surface area contributed by atoms with Gasteiger partial charge in [-0.25, -0.2) is 4.98 Å². The molecule has 0 radical (unpaired) electrons. The summed E-state index contributed by atoms with van der Waals surface area (Å²) in [6.45, 7) is 4.69. The van der Waals surface area contributed by atoms with E-state index in [0.29, 0.717) is 17.0 Å². The fourth-order valence-electron chi connectivity index (χ4n) is 2.64.